The molecule has 2 heterocycles. The number of benzene rings is 3. The Morgan fingerprint density at radius 2 is 1.77 bits per heavy atom. The van der Waals surface area contributed by atoms with Crippen LogP contribution < -0.4 is 5.32 Å². The lowest BCUT2D eigenvalue weighted by molar-refractivity contribution is 0.142. The Morgan fingerprint density at radius 3 is 2.48 bits per heavy atom. The molecule has 0 atom stereocenters. The van der Waals surface area contributed by atoms with Gasteiger partial charge in [-0.3, -0.25) is 0 Å². The summed E-state index contributed by atoms with van der Waals surface area (Å²) < 4.78 is 5.73. The van der Waals surface area contributed by atoms with E-state index < -0.39 is 6.09 Å². The standard InChI is InChI=1S/C30H24ClN5O3S/c31-26-13-19(27-15-34-36-35-27)12-20(28(26)40-29-18(16-37)6-5-11-32-29)14-33-30(38)39-17-25-23-9-3-1-7-21(23)22-8-2-4-10-24(22)25/h1-13,15,25,37H,14,16-17H2,(H,33,38)(H,34,35,36). The molecule has 3 aromatic carbocycles. The van der Waals surface area contributed by atoms with Crippen LogP contribution in [-0.4, -0.2) is 38.2 Å². The highest BCUT2D eigenvalue weighted by molar-refractivity contribution is 7.99. The zero-order chi connectivity index (χ0) is 27.5. The number of carbonyl (C=O) groups excluding carboxylic acids is 1. The van der Waals surface area contributed by atoms with Crippen LogP contribution in [0.25, 0.3) is 22.4 Å². The number of pyridine rings is 1. The van der Waals surface area contributed by atoms with Crippen LogP contribution in [-0.2, 0) is 17.9 Å². The highest BCUT2D eigenvalue weighted by atomic mass is 35.5. The maximum Gasteiger partial charge on any atom is 0.407 e. The molecule has 1 aliphatic carbocycles. The van der Waals surface area contributed by atoms with E-state index in [2.05, 4.69) is 50.0 Å². The van der Waals surface area contributed by atoms with E-state index in [1.165, 1.54) is 22.9 Å². The molecule has 200 valence electrons. The number of aromatic nitrogens is 4. The minimum atomic E-state index is -0.533. The van der Waals surface area contributed by atoms with Gasteiger partial charge >= 0.3 is 6.09 Å². The first kappa shape index (κ1) is 26.1. The van der Waals surface area contributed by atoms with Gasteiger partial charge in [-0.25, -0.2) is 9.78 Å². The van der Waals surface area contributed by atoms with Crippen molar-refractivity contribution >= 4 is 29.5 Å². The molecule has 1 amide bonds. The Bertz CT molecular complexity index is 1630. The van der Waals surface area contributed by atoms with Crippen molar-refractivity contribution < 1.29 is 14.6 Å². The third-order valence-electron chi connectivity index (χ3n) is 6.82. The number of aliphatic hydroxyl groups excluding tert-OH is 1. The summed E-state index contributed by atoms with van der Waals surface area (Å²) in [6.07, 6.45) is 2.73. The van der Waals surface area contributed by atoms with Crippen LogP contribution >= 0.6 is 23.4 Å². The van der Waals surface area contributed by atoms with Crippen LogP contribution in [0.3, 0.4) is 0 Å². The number of H-pyrrole nitrogens is 1. The van der Waals surface area contributed by atoms with Crippen molar-refractivity contribution in [1.82, 2.24) is 25.7 Å². The first-order valence-electron chi connectivity index (χ1n) is 12.6. The molecule has 0 radical (unpaired) electrons. The van der Waals surface area contributed by atoms with E-state index in [1.54, 1.807) is 24.5 Å². The molecule has 0 aliphatic heterocycles. The maximum atomic E-state index is 12.9. The molecule has 2 aromatic heterocycles. The fourth-order valence-electron chi connectivity index (χ4n) is 4.93. The quantitative estimate of drug-likeness (QED) is 0.204. The smallest absolute Gasteiger partial charge is 0.407 e. The first-order valence-corrected chi connectivity index (χ1v) is 13.8. The number of alkyl carbamates (subject to hydrolysis) is 1. The fourth-order valence-corrected chi connectivity index (χ4v) is 6.28. The van der Waals surface area contributed by atoms with Gasteiger partial charge in [0.1, 0.15) is 17.3 Å². The van der Waals surface area contributed by atoms with E-state index in [4.69, 9.17) is 16.3 Å². The number of amides is 1. The number of rotatable bonds is 8. The van der Waals surface area contributed by atoms with Crippen molar-refractivity contribution in [2.45, 2.75) is 29.0 Å². The van der Waals surface area contributed by atoms with Gasteiger partial charge in [-0.15, -0.1) is 0 Å². The van der Waals surface area contributed by atoms with Crippen molar-refractivity contribution in [1.29, 1.82) is 0 Å². The third kappa shape index (κ3) is 5.19. The second-order valence-electron chi connectivity index (χ2n) is 9.21. The van der Waals surface area contributed by atoms with E-state index >= 15 is 0 Å². The SMILES string of the molecule is O=C(NCc1cc(-c2cn[nH]n2)cc(Cl)c1Sc1ncccc1CO)OCC1c2ccccc2-c2ccccc21. The van der Waals surface area contributed by atoms with Crippen LogP contribution in [0.1, 0.15) is 28.2 Å². The number of hydrogen-bond acceptors (Lipinski definition) is 7. The number of carbonyl (C=O) groups is 1. The van der Waals surface area contributed by atoms with Crippen LogP contribution in [0.5, 0.6) is 0 Å². The van der Waals surface area contributed by atoms with Gasteiger partial charge in [0.25, 0.3) is 0 Å². The van der Waals surface area contributed by atoms with Crippen LogP contribution in [0.15, 0.2) is 95.1 Å². The Hall–Kier alpha value is -4.18. The van der Waals surface area contributed by atoms with Gasteiger partial charge in [0.15, 0.2) is 0 Å². The van der Waals surface area contributed by atoms with Gasteiger partial charge in [-0.1, -0.05) is 78.0 Å². The topological polar surface area (TPSA) is 113 Å². The van der Waals surface area contributed by atoms with E-state index in [9.17, 15) is 9.90 Å². The largest absolute Gasteiger partial charge is 0.449 e. The molecule has 10 heteroatoms. The van der Waals surface area contributed by atoms with E-state index in [1.807, 2.05) is 36.4 Å². The number of nitrogens with zero attached hydrogens (tertiary/aromatic N) is 3. The number of nitrogens with one attached hydrogen (secondary N) is 2. The van der Waals surface area contributed by atoms with Crippen molar-refractivity contribution in [3.63, 3.8) is 0 Å². The summed E-state index contributed by atoms with van der Waals surface area (Å²) in [5, 5.41) is 24.4. The molecule has 0 saturated heterocycles. The molecule has 0 saturated carbocycles. The Balaban J connectivity index is 1.21. The molecule has 0 fully saturated rings. The Labute approximate surface area is 239 Å². The van der Waals surface area contributed by atoms with Crippen molar-refractivity contribution in [3.05, 3.63) is 112 Å². The van der Waals surface area contributed by atoms with Crippen molar-refractivity contribution in [2.24, 2.45) is 0 Å². The second-order valence-corrected chi connectivity index (χ2v) is 10.6. The summed E-state index contributed by atoms with van der Waals surface area (Å²) >= 11 is 8.07. The number of aliphatic hydroxyl groups is 1. The number of aromatic amines is 1. The molecular formula is C30H24ClN5O3S. The summed E-state index contributed by atoms with van der Waals surface area (Å²) in [4.78, 5) is 18.0. The highest BCUT2D eigenvalue weighted by Gasteiger charge is 2.29. The summed E-state index contributed by atoms with van der Waals surface area (Å²) in [5.74, 6) is -0.0322. The molecule has 0 unspecified atom stereocenters. The van der Waals surface area contributed by atoms with Gasteiger partial charge in [-0.2, -0.15) is 15.4 Å². The number of fused-ring (bicyclic) bond motifs is 3. The normalized spacial score (nSPS) is 12.2. The van der Waals surface area contributed by atoms with Gasteiger partial charge in [-0.05, 0) is 46.0 Å². The summed E-state index contributed by atoms with van der Waals surface area (Å²) in [5.41, 5.74) is 7.44. The highest BCUT2D eigenvalue weighted by Crippen LogP contribution is 2.44. The monoisotopic (exact) mass is 569 g/mol. The summed E-state index contributed by atoms with van der Waals surface area (Å²) in [6.45, 7) is 0.221. The summed E-state index contributed by atoms with van der Waals surface area (Å²) in [6, 6.07) is 23.7. The molecule has 6 rings (SSSR count). The van der Waals surface area contributed by atoms with Gasteiger partial charge in [0, 0.05) is 34.7 Å². The van der Waals surface area contributed by atoms with Crippen LogP contribution in [0.2, 0.25) is 5.02 Å². The number of hydrogen-bond donors (Lipinski definition) is 3. The average Bonchev–Trinajstić information content (AvgIpc) is 3.64. The lowest BCUT2D eigenvalue weighted by Crippen LogP contribution is -2.26. The third-order valence-corrected chi connectivity index (χ3v) is 8.47. The minimum absolute atomic E-state index is 0.0322. The molecular weight excluding hydrogens is 546 g/mol. The molecule has 5 aromatic rings. The summed E-state index contributed by atoms with van der Waals surface area (Å²) in [7, 11) is 0. The molecule has 40 heavy (non-hydrogen) atoms. The lowest BCUT2D eigenvalue weighted by Gasteiger charge is -2.16. The second kappa shape index (κ2) is 11.5. The predicted molar refractivity (Wildman–Crippen MR) is 153 cm³/mol. The lowest BCUT2D eigenvalue weighted by atomic mass is 9.98. The number of halogens is 1. The van der Waals surface area contributed by atoms with E-state index in [0.717, 1.165) is 22.3 Å². The molecule has 0 bridgehead atoms. The van der Waals surface area contributed by atoms with Crippen LogP contribution in [0.4, 0.5) is 4.79 Å². The fraction of sp³-hybridized carbons (Fsp3) is 0.133. The van der Waals surface area contributed by atoms with Crippen molar-refractivity contribution in [3.8, 4) is 22.4 Å². The predicted octanol–water partition coefficient (Wildman–Crippen LogP) is 6.20. The van der Waals surface area contributed by atoms with Gasteiger partial charge < -0.3 is 15.2 Å². The van der Waals surface area contributed by atoms with E-state index in [0.29, 0.717) is 26.2 Å². The molecule has 0 spiro atoms. The van der Waals surface area contributed by atoms with E-state index in [-0.39, 0.29) is 25.7 Å². The first-order chi connectivity index (χ1) is 19.6. The Morgan fingerprint density at radius 1 is 1.02 bits per heavy atom. The average molecular weight is 570 g/mol. The zero-order valence-electron chi connectivity index (χ0n) is 21.2. The molecule has 1 aliphatic rings. The molecule has 3 N–H and O–H groups in total. The zero-order valence-corrected chi connectivity index (χ0v) is 22.7. The van der Waals surface area contributed by atoms with Gasteiger partial charge in [0.2, 0.25) is 0 Å². The minimum Gasteiger partial charge on any atom is -0.449 e. The van der Waals surface area contributed by atoms with Crippen molar-refractivity contribution in [2.75, 3.05) is 6.61 Å². The molecule has 8 nitrogen and oxygen atoms in total. The Kier molecular flexibility index (Phi) is 7.50. The maximum absolute atomic E-state index is 12.9. The van der Waals surface area contributed by atoms with Gasteiger partial charge in [0.05, 0.1) is 17.8 Å². The number of ether oxygens (including phenoxy) is 1. The van der Waals surface area contributed by atoms with Crippen LogP contribution in [0, 0.1) is 0 Å².